The number of benzene rings is 1. The number of methoxy groups -OCH3 is 3. The highest BCUT2D eigenvalue weighted by atomic mass is 16.5. The highest BCUT2D eigenvalue weighted by Crippen LogP contribution is 2.30. The van der Waals surface area contributed by atoms with Gasteiger partial charge in [0.25, 0.3) is 0 Å². The Bertz CT molecular complexity index is 495. The van der Waals surface area contributed by atoms with Crippen LogP contribution in [0, 0.1) is 0 Å². The Balaban J connectivity index is 2.56. The number of rotatable bonds is 7. The Labute approximate surface area is 118 Å². The molecule has 5 nitrogen and oxygen atoms in total. The van der Waals surface area contributed by atoms with Crippen LogP contribution in [0.1, 0.15) is 5.56 Å². The van der Waals surface area contributed by atoms with Crippen molar-refractivity contribution < 1.29 is 19.0 Å². The average molecular weight is 277 g/mol. The number of para-hydroxylation sites is 1. The molecule has 108 valence electrons. The molecule has 0 aliphatic heterocycles. The number of nitrogens with one attached hydrogen (secondary N) is 1. The number of allylic oxidation sites excluding steroid dienone is 2. The number of ether oxygens (including phenoxy) is 3. The summed E-state index contributed by atoms with van der Waals surface area (Å²) >= 11 is 0. The number of carbonyl (C=O) groups is 1. The van der Waals surface area contributed by atoms with Crippen LogP contribution in [-0.4, -0.2) is 27.3 Å². The Hall–Kier alpha value is -2.43. The van der Waals surface area contributed by atoms with Crippen LogP contribution in [0.3, 0.4) is 0 Å². The van der Waals surface area contributed by atoms with Crippen LogP contribution in [0.2, 0.25) is 0 Å². The second-order valence-corrected chi connectivity index (χ2v) is 3.77. The molecule has 0 aromatic heterocycles. The van der Waals surface area contributed by atoms with Crippen molar-refractivity contribution >= 4 is 5.97 Å². The third-order valence-electron chi connectivity index (χ3n) is 2.54. The lowest BCUT2D eigenvalue weighted by atomic mass is 10.2. The van der Waals surface area contributed by atoms with E-state index < -0.39 is 0 Å². The van der Waals surface area contributed by atoms with Crippen LogP contribution in [0.5, 0.6) is 11.5 Å². The highest BCUT2D eigenvalue weighted by Gasteiger charge is 2.07. The molecule has 0 bridgehead atoms. The Morgan fingerprint density at radius 1 is 1.20 bits per heavy atom. The summed E-state index contributed by atoms with van der Waals surface area (Å²) in [5.74, 6) is 1.02. The highest BCUT2D eigenvalue weighted by molar-refractivity contribution is 5.82. The molecule has 1 rings (SSSR count). The molecule has 0 saturated heterocycles. The van der Waals surface area contributed by atoms with Crippen molar-refractivity contribution in [3.8, 4) is 11.5 Å². The van der Waals surface area contributed by atoms with Crippen LogP contribution in [-0.2, 0) is 16.1 Å². The summed E-state index contributed by atoms with van der Waals surface area (Å²) in [5.41, 5.74) is 0.980. The van der Waals surface area contributed by atoms with Gasteiger partial charge in [-0.3, -0.25) is 0 Å². The van der Waals surface area contributed by atoms with Gasteiger partial charge in [-0.1, -0.05) is 18.2 Å². The molecule has 0 saturated carbocycles. The van der Waals surface area contributed by atoms with E-state index in [0.717, 1.165) is 5.56 Å². The summed E-state index contributed by atoms with van der Waals surface area (Å²) in [4.78, 5) is 10.8. The van der Waals surface area contributed by atoms with Gasteiger partial charge in [0.05, 0.1) is 21.3 Å². The minimum atomic E-state index is -0.385. The first-order valence-corrected chi connectivity index (χ1v) is 6.07. The van der Waals surface area contributed by atoms with Crippen LogP contribution < -0.4 is 14.8 Å². The molecule has 0 heterocycles. The maximum Gasteiger partial charge on any atom is 0.330 e. The maximum atomic E-state index is 10.8. The number of hydrogen-bond acceptors (Lipinski definition) is 5. The van der Waals surface area contributed by atoms with E-state index in [4.69, 9.17) is 9.47 Å². The molecular formula is C15H19NO4. The largest absolute Gasteiger partial charge is 0.493 e. The number of esters is 1. The van der Waals surface area contributed by atoms with Crippen molar-refractivity contribution in [3.63, 3.8) is 0 Å². The van der Waals surface area contributed by atoms with Crippen molar-refractivity contribution in [2.24, 2.45) is 0 Å². The van der Waals surface area contributed by atoms with Crippen LogP contribution in [0.25, 0.3) is 0 Å². The molecule has 20 heavy (non-hydrogen) atoms. The summed E-state index contributed by atoms with van der Waals surface area (Å²) in [5, 5.41) is 3.10. The first-order valence-electron chi connectivity index (χ1n) is 6.07. The second-order valence-electron chi connectivity index (χ2n) is 3.77. The fourth-order valence-electron chi connectivity index (χ4n) is 1.59. The first kappa shape index (κ1) is 15.6. The monoisotopic (exact) mass is 277 g/mol. The van der Waals surface area contributed by atoms with Crippen LogP contribution in [0.4, 0.5) is 0 Å². The summed E-state index contributed by atoms with van der Waals surface area (Å²) in [6, 6.07) is 5.70. The van der Waals surface area contributed by atoms with Crippen molar-refractivity contribution in [3.05, 3.63) is 48.2 Å². The van der Waals surface area contributed by atoms with Crippen LogP contribution >= 0.6 is 0 Å². The fourth-order valence-corrected chi connectivity index (χ4v) is 1.59. The van der Waals surface area contributed by atoms with E-state index in [1.54, 1.807) is 32.6 Å². The smallest absolute Gasteiger partial charge is 0.330 e. The molecule has 0 atom stereocenters. The van der Waals surface area contributed by atoms with E-state index in [9.17, 15) is 4.79 Å². The van der Waals surface area contributed by atoms with Crippen molar-refractivity contribution in [2.45, 2.75) is 6.54 Å². The number of carbonyl (C=O) groups excluding carboxylic acids is 1. The van der Waals surface area contributed by atoms with Gasteiger partial charge in [-0.2, -0.15) is 0 Å². The lowest BCUT2D eigenvalue weighted by Crippen LogP contribution is -2.06. The minimum Gasteiger partial charge on any atom is -0.493 e. The Morgan fingerprint density at radius 2 is 2.00 bits per heavy atom. The average Bonchev–Trinajstić information content (AvgIpc) is 2.49. The molecular weight excluding hydrogens is 258 g/mol. The van der Waals surface area contributed by atoms with E-state index in [1.165, 1.54) is 13.2 Å². The predicted octanol–water partition coefficient (Wildman–Crippen LogP) is 2.04. The van der Waals surface area contributed by atoms with Gasteiger partial charge in [0.15, 0.2) is 11.5 Å². The predicted molar refractivity (Wildman–Crippen MR) is 76.7 cm³/mol. The van der Waals surface area contributed by atoms with Crippen molar-refractivity contribution in [2.75, 3.05) is 21.3 Å². The van der Waals surface area contributed by atoms with Gasteiger partial charge in [0.1, 0.15) is 0 Å². The van der Waals surface area contributed by atoms with Gasteiger partial charge >= 0.3 is 5.97 Å². The van der Waals surface area contributed by atoms with E-state index in [-0.39, 0.29) is 5.97 Å². The van der Waals surface area contributed by atoms with E-state index >= 15 is 0 Å². The molecule has 0 unspecified atom stereocenters. The molecule has 1 N–H and O–H groups in total. The molecule has 1 aromatic rings. The summed E-state index contributed by atoms with van der Waals surface area (Å²) in [7, 11) is 4.55. The first-order chi connectivity index (χ1) is 9.72. The van der Waals surface area contributed by atoms with Gasteiger partial charge in [-0.05, 0) is 18.3 Å². The third kappa shape index (κ3) is 4.68. The molecule has 5 heteroatoms. The van der Waals surface area contributed by atoms with Gasteiger partial charge in [-0.25, -0.2) is 4.79 Å². The van der Waals surface area contributed by atoms with Gasteiger partial charge in [0.2, 0.25) is 0 Å². The molecule has 0 aliphatic carbocycles. The van der Waals surface area contributed by atoms with E-state index in [0.29, 0.717) is 18.0 Å². The van der Waals surface area contributed by atoms with Crippen LogP contribution in [0.15, 0.2) is 42.6 Å². The maximum absolute atomic E-state index is 10.8. The normalized spacial score (nSPS) is 10.8. The summed E-state index contributed by atoms with van der Waals surface area (Å²) < 4.78 is 15.0. The van der Waals surface area contributed by atoms with Crippen molar-refractivity contribution in [1.82, 2.24) is 5.32 Å². The van der Waals surface area contributed by atoms with Gasteiger partial charge in [0, 0.05) is 18.2 Å². The molecule has 0 spiro atoms. The molecule has 1 aromatic carbocycles. The molecule has 0 amide bonds. The van der Waals surface area contributed by atoms with E-state index in [1.807, 2.05) is 18.2 Å². The fraction of sp³-hybridized carbons (Fsp3) is 0.267. The lowest BCUT2D eigenvalue weighted by Gasteiger charge is -2.12. The van der Waals surface area contributed by atoms with Gasteiger partial charge in [-0.15, -0.1) is 0 Å². The van der Waals surface area contributed by atoms with E-state index in [2.05, 4.69) is 10.1 Å². The number of hydrogen-bond donors (Lipinski definition) is 1. The second kappa shape index (κ2) is 8.63. The SMILES string of the molecule is COC(=O)/C=C/C=C/NCc1cccc(OC)c1OC. The zero-order valence-electron chi connectivity index (χ0n) is 11.9. The zero-order valence-corrected chi connectivity index (χ0v) is 11.9. The minimum absolute atomic E-state index is 0.385. The Kier molecular flexibility index (Phi) is 6.75. The van der Waals surface area contributed by atoms with Crippen molar-refractivity contribution in [1.29, 1.82) is 0 Å². The van der Waals surface area contributed by atoms with Gasteiger partial charge < -0.3 is 19.5 Å². The topological polar surface area (TPSA) is 56.8 Å². The summed E-state index contributed by atoms with van der Waals surface area (Å²) in [6.45, 7) is 0.586. The zero-order chi connectivity index (χ0) is 14.8. The lowest BCUT2D eigenvalue weighted by molar-refractivity contribution is -0.134. The quantitative estimate of drug-likeness (QED) is 0.469. The molecule has 0 radical (unpaired) electrons. The standard InChI is InChI=1S/C15H19NO4/c1-18-13-8-6-7-12(15(13)20-3)11-16-10-5-4-9-14(17)19-2/h4-10,16H,11H2,1-3H3/b9-4+,10-5+. The molecule has 0 aliphatic rings. The Morgan fingerprint density at radius 3 is 2.65 bits per heavy atom. The molecule has 0 fully saturated rings. The summed E-state index contributed by atoms with van der Waals surface area (Å²) in [6.07, 6.45) is 6.38. The third-order valence-corrected chi connectivity index (χ3v) is 2.54.